The predicted molar refractivity (Wildman–Crippen MR) is 280 cm³/mol. The minimum atomic E-state index is -0.574. The van der Waals surface area contributed by atoms with E-state index in [2.05, 4.69) is 25.1 Å². The zero-order valence-corrected chi connectivity index (χ0v) is 43.0. The molecular formula is C57H63ClF3N9O4. The van der Waals surface area contributed by atoms with Gasteiger partial charge in [0.2, 0.25) is 5.91 Å². The Morgan fingerprint density at radius 3 is 2.41 bits per heavy atom. The molecule has 2 aliphatic carbocycles. The summed E-state index contributed by atoms with van der Waals surface area (Å²) in [6.45, 7) is 9.60. The van der Waals surface area contributed by atoms with Crippen LogP contribution in [0.1, 0.15) is 101 Å². The van der Waals surface area contributed by atoms with Crippen LogP contribution in [0, 0.1) is 28.3 Å². The first-order valence-corrected chi connectivity index (χ1v) is 27.3. The number of urea groups is 1. The standard InChI is InChI=1S/C57H63ClF3N9O4/c1-3-37-43(59)9-8-35-6-4-7-38(47(35)37)48-42(58)26-41-50(49(48)61)63-53(64-51(41)69-19-5-13-57(32-69)18-25-74-57)73-33-56(14-15-56)31-67-23-16-55(17-24-67)29-36(30-55)68-20-10-34(11-21-68)39-28-45-40(27-44(39)60)52(65-66(45)2)70-22-12-46(71)62-54(70)72/h4,6-9,26-28,34,36H,3,5,10-25,29-33H2,1-2H3,(H,62,71,72)/t57-/m0/s1. The molecule has 0 unspecified atom stereocenters. The van der Waals surface area contributed by atoms with Gasteiger partial charge in [-0.1, -0.05) is 42.8 Å². The molecule has 1 N–H and O–H groups in total. The van der Waals surface area contributed by atoms with E-state index in [0.29, 0.717) is 75.5 Å². The van der Waals surface area contributed by atoms with E-state index in [1.165, 1.54) is 42.7 Å². The largest absolute Gasteiger partial charge is 0.463 e. The molecule has 3 amide bonds. The van der Waals surface area contributed by atoms with Crippen molar-refractivity contribution in [2.45, 2.75) is 108 Å². The molecule has 6 aromatic rings. The average molecular weight is 1030 g/mol. The first-order chi connectivity index (χ1) is 35.8. The van der Waals surface area contributed by atoms with E-state index in [4.69, 9.17) is 31.0 Å². The van der Waals surface area contributed by atoms with Gasteiger partial charge in [0, 0.05) is 73.9 Å². The molecule has 0 radical (unpaired) electrons. The van der Waals surface area contributed by atoms with Crippen molar-refractivity contribution in [1.82, 2.24) is 34.9 Å². The van der Waals surface area contributed by atoms with Crippen molar-refractivity contribution in [1.29, 1.82) is 0 Å². The number of nitrogens with one attached hydrogen (secondary N) is 1. The fourth-order valence-corrected chi connectivity index (χ4v) is 14.1. The molecule has 7 fully saturated rings. The maximum atomic E-state index is 17.5. The number of fused-ring (bicyclic) bond motifs is 3. The molecule has 7 heterocycles. The Hall–Kier alpha value is -5.55. The first-order valence-electron chi connectivity index (χ1n) is 27.0. The lowest BCUT2D eigenvalue weighted by atomic mass is 9.59. The molecular weight excluding hydrogens is 967 g/mol. The van der Waals surface area contributed by atoms with Crippen molar-refractivity contribution in [2.75, 3.05) is 75.4 Å². The molecule has 2 saturated carbocycles. The second kappa shape index (κ2) is 18.3. The number of ether oxygens (including phenoxy) is 2. The number of hydrogen-bond donors (Lipinski definition) is 1. The Balaban J connectivity index is 0.659. The van der Waals surface area contributed by atoms with Crippen LogP contribution in [-0.4, -0.2) is 119 Å². The summed E-state index contributed by atoms with van der Waals surface area (Å²) in [5, 5.41) is 9.68. The highest BCUT2D eigenvalue weighted by Crippen LogP contribution is 2.54. The number of nitrogens with zero attached hydrogens (tertiary/aromatic N) is 8. The third-order valence-corrected chi connectivity index (χ3v) is 18.7. The normalized spacial score (nSPS) is 23.5. The second-order valence-corrected chi connectivity index (χ2v) is 23.3. The van der Waals surface area contributed by atoms with Gasteiger partial charge in [0.1, 0.15) is 23.0 Å². The summed E-state index contributed by atoms with van der Waals surface area (Å²) in [6.07, 6.45) is 12.1. The van der Waals surface area contributed by atoms with Crippen LogP contribution in [0.5, 0.6) is 6.01 Å². The highest BCUT2D eigenvalue weighted by atomic mass is 35.5. The van der Waals surface area contributed by atoms with Gasteiger partial charge in [-0.25, -0.2) is 18.0 Å². The van der Waals surface area contributed by atoms with Crippen molar-refractivity contribution in [3.8, 4) is 17.1 Å². The third kappa shape index (κ3) is 8.37. The molecule has 0 bridgehead atoms. The van der Waals surface area contributed by atoms with Gasteiger partial charge in [0.15, 0.2) is 11.6 Å². The van der Waals surface area contributed by atoms with E-state index >= 15 is 13.2 Å². The molecule has 7 aliphatic rings. The van der Waals surface area contributed by atoms with Gasteiger partial charge in [-0.15, -0.1) is 0 Å². The predicted octanol–water partition coefficient (Wildman–Crippen LogP) is 10.5. The molecule has 2 spiro atoms. The molecule has 74 heavy (non-hydrogen) atoms. The fraction of sp³-hybridized carbons (Fsp3) is 0.526. The number of imide groups is 1. The van der Waals surface area contributed by atoms with Crippen molar-refractivity contribution in [3.05, 3.63) is 82.1 Å². The minimum Gasteiger partial charge on any atom is -0.463 e. The zero-order chi connectivity index (χ0) is 50.7. The van der Waals surface area contributed by atoms with Crippen LogP contribution < -0.4 is 19.9 Å². The van der Waals surface area contributed by atoms with Gasteiger partial charge < -0.3 is 24.2 Å². The van der Waals surface area contributed by atoms with Crippen molar-refractivity contribution in [3.63, 3.8) is 0 Å². The fourth-order valence-electron chi connectivity index (χ4n) is 13.8. The smallest absolute Gasteiger partial charge is 0.329 e. The number of rotatable bonds is 11. The lowest BCUT2D eigenvalue weighted by molar-refractivity contribution is -0.151. The van der Waals surface area contributed by atoms with Gasteiger partial charge in [-0.2, -0.15) is 15.1 Å². The summed E-state index contributed by atoms with van der Waals surface area (Å²) in [6, 6.07) is 14.2. The summed E-state index contributed by atoms with van der Waals surface area (Å²) in [5.74, 6) is -0.421. The Kier molecular flexibility index (Phi) is 11.9. The molecule has 17 heteroatoms. The summed E-state index contributed by atoms with van der Waals surface area (Å²) < 4.78 is 63.1. The number of hydrogen-bond acceptors (Lipinski definition) is 10. The van der Waals surface area contributed by atoms with Gasteiger partial charge >= 0.3 is 12.0 Å². The lowest BCUT2D eigenvalue weighted by Crippen LogP contribution is -2.56. The van der Waals surface area contributed by atoms with Crippen LogP contribution in [0.2, 0.25) is 5.02 Å². The first kappa shape index (κ1) is 48.1. The van der Waals surface area contributed by atoms with E-state index in [1.807, 2.05) is 38.2 Å². The zero-order valence-electron chi connectivity index (χ0n) is 42.3. The molecule has 5 aliphatic heterocycles. The Morgan fingerprint density at radius 2 is 1.68 bits per heavy atom. The molecule has 5 saturated heterocycles. The topological polar surface area (TPSA) is 121 Å². The van der Waals surface area contributed by atoms with E-state index in [-0.39, 0.29) is 69.6 Å². The number of benzene rings is 4. The van der Waals surface area contributed by atoms with Gasteiger partial charge in [0.25, 0.3) is 0 Å². The molecule has 2 aromatic heterocycles. The van der Waals surface area contributed by atoms with Crippen LogP contribution in [-0.2, 0) is 23.0 Å². The number of piperidine rings is 3. The number of anilines is 2. The van der Waals surface area contributed by atoms with Crippen LogP contribution in [0.3, 0.4) is 0 Å². The number of likely N-dealkylation sites (tertiary alicyclic amines) is 2. The monoisotopic (exact) mass is 1030 g/mol. The van der Waals surface area contributed by atoms with E-state index in [0.717, 1.165) is 102 Å². The SMILES string of the molecule is CCc1c(F)ccc2cccc(-c3c(Cl)cc4c(N5CCC[C@]6(CCO6)C5)nc(OCC5(CN6CCC7(CC6)CC(N6CCC(c8cc9c(cc8F)c(N8CCC(=O)NC8=O)nn9C)CC6)C7)CC5)nc4c3F)c12. The maximum Gasteiger partial charge on any atom is 0.329 e. The molecule has 388 valence electrons. The number of amides is 3. The molecule has 13 nitrogen and oxygen atoms in total. The summed E-state index contributed by atoms with van der Waals surface area (Å²) >= 11 is 7.09. The Labute approximate surface area is 433 Å². The van der Waals surface area contributed by atoms with E-state index < -0.39 is 11.8 Å². The second-order valence-electron chi connectivity index (χ2n) is 22.9. The highest BCUT2D eigenvalue weighted by molar-refractivity contribution is 6.35. The van der Waals surface area contributed by atoms with Crippen LogP contribution in [0.4, 0.5) is 29.6 Å². The van der Waals surface area contributed by atoms with Crippen molar-refractivity contribution in [2.24, 2.45) is 17.9 Å². The van der Waals surface area contributed by atoms with Crippen LogP contribution in [0.25, 0.3) is 43.7 Å². The lowest BCUT2D eigenvalue weighted by Gasteiger charge is -2.56. The average Bonchev–Trinajstić information content (AvgIpc) is 4.08. The number of carbonyl (C=O) groups excluding carboxylic acids is 2. The number of carbonyl (C=O) groups is 2. The number of halogens is 4. The molecule has 1 atom stereocenters. The number of aromatic nitrogens is 4. The van der Waals surface area contributed by atoms with E-state index in [9.17, 15) is 9.59 Å². The highest BCUT2D eigenvalue weighted by Gasteiger charge is 2.51. The summed E-state index contributed by atoms with van der Waals surface area (Å²) in [5.41, 5.74) is 2.97. The number of aryl methyl sites for hydroxylation is 2. The quantitative estimate of drug-likeness (QED) is 0.134. The van der Waals surface area contributed by atoms with Crippen LogP contribution >= 0.6 is 11.6 Å². The summed E-state index contributed by atoms with van der Waals surface area (Å²) in [7, 11) is 1.81. The maximum absolute atomic E-state index is 17.5. The van der Waals surface area contributed by atoms with Gasteiger partial charge in [0.05, 0.1) is 29.4 Å². The Bertz CT molecular complexity index is 3250. The third-order valence-electron chi connectivity index (χ3n) is 18.4. The van der Waals surface area contributed by atoms with E-state index in [1.54, 1.807) is 16.8 Å². The van der Waals surface area contributed by atoms with Gasteiger partial charge in [-0.05, 0) is 160 Å². The molecule has 13 rings (SSSR count). The van der Waals surface area contributed by atoms with Crippen molar-refractivity contribution >= 4 is 67.8 Å². The van der Waals surface area contributed by atoms with Crippen molar-refractivity contribution < 1.29 is 32.2 Å². The van der Waals surface area contributed by atoms with Gasteiger partial charge in [-0.3, -0.25) is 19.7 Å². The molecule has 4 aromatic carbocycles. The Morgan fingerprint density at radius 1 is 0.878 bits per heavy atom. The minimum absolute atomic E-state index is 0.0216. The van der Waals surface area contributed by atoms with Crippen LogP contribution in [0.15, 0.2) is 48.5 Å². The summed E-state index contributed by atoms with van der Waals surface area (Å²) in [4.78, 5) is 43.1.